The fraction of sp³-hybridized carbons (Fsp3) is 0.238. The van der Waals surface area contributed by atoms with Crippen LogP contribution in [0.25, 0.3) is 16.6 Å². The lowest BCUT2D eigenvalue weighted by atomic mass is 10.1. The van der Waals surface area contributed by atoms with Gasteiger partial charge in [-0.25, -0.2) is 9.50 Å². The maximum atomic E-state index is 12.5. The minimum absolute atomic E-state index is 0.0131. The summed E-state index contributed by atoms with van der Waals surface area (Å²) in [5, 5.41) is 8.67. The molecule has 6 nitrogen and oxygen atoms in total. The molecule has 1 aromatic carbocycles. The molecule has 0 fully saturated rings. The van der Waals surface area contributed by atoms with E-state index < -0.39 is 0 Å². The van der Waals surface area contributed by atoms with Gasteiger partial charge in [0.1, 0.15) is 0 Å². The number of aromatic nitrogens is 4. The van der Waals surface area contributed by atoms with Crippen LogP contribution in [0.1, 0.15) is 22.5 Å². The number of pyridine rings is 1. The largest absolute Gasteiger partial charge is 0.355 e. The van der Waals surface area contributed by atoms with Crippen LogP contribution in [0.4, 0.5) is 0 Å². The summed E-state index contributed by atoms with van der Waals surface area (Å²) in [6.45, 7) is 4.53. The van der Waals surface area contributed by atoms with Crippen LogP contribution >= 0.6 is 15.9 Å². The maximum Gasteiger partial charge on any atom is 0.224 e. The molecule has 0 atom stereocenters. The summed E-state index contributed by atoms with van der Waals surface area (Å²) in [6.07, 6.45) is 4.59. The van der Waals surface area contributed by atoms with E-state index in [0.29, 0.717) is 6.54 Å². The SMILES string of the molecule is Cc1nc2c3ccc(Br)cc3nn2c(C)c1CC(=O)NCCc1ccncc1. The summed E-state index contributed by atoms with van der Waals surface area (Å²) in [5.74, 6) is -0.0131. The van der Waals surface area contributed by atoms with Gasteiger partial charge in [0, 0.05) is 45.7 Å². The standard InChI is InChI=1S/C21H20BrN5O/c1-13-18(12-20(28)24-10-7-15-5-8-23-9-6-15)14(2)27-21(25-13)17-4-3-16(22)11-19(17)26-27/h3-6,8-9,11H,7,10,12H2,1-2H3,(H,24,28). The molecule has 0 saturated heterocycles. The molecule has 1 amide bonds. The minimum Gasteiger partial charge on any atom is -0.355 e. The van der Waals surface area contributed by atoms with Crippen molar-refractivity contribution in [1.29, 1.82) is 0 Å². The topological polar surface area (TPSA) is 72.2 Å². The number of nitrogens with zero attached hydrogens (tertiary/aromatic N) is 4. The van der Waals surface area contributed by atoms with Gasteiger partial charge in [0.15, 0.2) is 5.65 Å². The molecule has 3 aromatic heterocycles. The van der Waals surface area contributed by atoms with E-state index in [2.05, 4.69) is 31.3 Å². The third-order valence-corrected chi connectivity index (χ3v) is 5.39. The highest BCUT2D eigenvalue weighted by molar-refractivity contribution is 9.10. The van der Waals surface area contributed by atoms with Crippen molar-refractivity contribution in [3.05, 3.63) is 69.7 Å². The molecular formula is C21H20BrN5O. The third kappa shape index (κ3) is 3.62. The minimum atomic E-state index is -0.0131. The molecule has 0 spiro atoms. The van der Waals surface area contributed by atoms with E-state index in [1.165, 1.54) is 0 Å². The van der Waals surface area contributed by atoms with Crippen LogP contribution < -0.4 is 5.32 Å². The summed E-state index contributed by atoms with van der Waals surface area (Å²) >= 11 is 3.48. The number of carbonyl (C=O) groups excluding carboxylic acids is 1. The first kappa shape index (κ1) is 18.6. The Morgan fingerprint density at radius 2 is 1.96 bits per heavy atom. The first-order valence-electron chi connectivity index (χ1n) is 9.12. The Morgan fingerprint density at radius 1 is 1.18 bits per heavy atom. The van der Waals surface area contributed by atoms with Gasteiger partial charge in [0.2, 0.25) is 5.91 Å². The fourth-order valence-corrected chi connectivity index (χ4v) is 3.73. The van der Waals surface area contributed by atoms with Crippen molar-refractivity contribution in [2.24, 2.45) is 0 Å². The number of carbonyl (C=O) groups is 1. The molecule has 0 unspecified atom stereocenters. The Morgan fingerprint density at radius 3 is 2.75 bits per heavy atom. The van der Waals surface area contributed by atoms with Gasteiger partial charge in [0.05, 0.1) is 11.9 Å². The second-order valence-corrected chi connectivity index (χ2v) is 7.71. The lowest BCUT2D eigenvalue weighted by molar-refractivity contribution is -0.120. The first-order valence-corrected chi connectivity index (χ1v) is 9.92. The molecule has 0 aliphatic heterocycles. The van der Waals surface area contributed by atoms with Crippen molar-refractivity contribution < 1.29 is 4.79 Å². The number of rotatable bonds is 5. The van der Waals surface area contributed by atoms with E-state index >= 15 is 0 Å². The second kappa shape index (κ2) is 7.67. The van der Waals surface area contributed by atoms with Gasteiger partial charge in [-0.3, -0.25) is 9.78 Å². The third-order valence-electron chi connectivity index (χ3n) is 4.90. The number of halogens is 1. The number of hydrogen-bond donors (Lipinski definition) is 1. The van der Waals surface area contributed by atoms with Gasteiger partial charge in [-0.2, -0.15) is 5.10 Å². The smallest absolute Gasteiger partial charge is 0.224 e. The van der Waals surface area contributed by atoms with Gasteiger partial charge >= 0.3 is 0 Å². The summed E-state index contributed by atoms with van der Waals surface area (Å²) in [6, 6.07) is 9.89. The van der Waals surface area contributed by atoms with Crippen LogP contribution in [0, 0.1) is 13.8 Å². The highest BCUT2D eigenvalue weighted by Crippen LogP contribution is 2.25. The van der Waals surface area contributed by atoms with E-state index in [1.807, 2.05) is 48.7 Å². The molecule has 7 heteroatoms. The van der Waals surface area contributed by atoms with Crippen LogP contribution in [-0.4, -0.2) is 32.0 Å². The van der Waals surface area contributed by atoms with Gasteiger partial charge in [-0.15, -0.1) is 0 Å². The molecule has 142 valence electrons. The Balaban J connectivity index is 1.54. The number of benzene rings is 1. The van der Waals surface area contributed by atoms with Crippen LogP contribution in [-0.2, 0) is 17.6 Å². The van der Waals surface area contributed by atoms with E-state index in [1.54, 1.807) is 12.4 Å². The molecule has 0 aliphatic rings. The summed E-state index contributed by atoms with van der Waals surface area (Å²) in [7, 11) is 0. The van der Waals surface area contributed by atoms with E-state index in [0.717, 1.165) is 50.0 Å². The molecule has 4 rings (SSSR count). The van der Waals surface area contributed by atoms with Crippen molar-refractivity contribution in [1.82, 2.24) is 24.9 Å². The Bertz CT molecular complexity index is 1170. The number of aryl methyl sites for hydroxylation is 2. The zero-order chi connectivity index (χ0) is 19.7. The van der Waals surface area contributed by atoms with Gasteiger partial charge < -0.3 is 5.32 Å². The van der Waals surface area contributed by atoms with Gasteiger partial charge in [0.25, 0.3) is 0 Å². The van der Waals surface area contributed by atoms with Crippen LogP contribution in [0.5, 0.6) is 0 Å². The maximum absolute atomic E-state index is 12.5. The molecule has 28 heavy (non-hydrogen) atoms. The Hall–Kier alpha value is -2.80. The van der Waals surface area contributed by atoms with Gasteiger partial charge in [-0.05, 0) is 56.2 Å². The van der Waals surface area contributed by atoms with E-state index in [9.17, 15) is 4.79 Å². The lowest BCUT2D eigenvalue weighted by Crippen LogP contribution is -2.28. The normalized spacial score (nSPS) is 11.2. The predicted molar refractivity (Wildman–Crippen MR) is 112 cm³/mol. The molecule has 1 N–H and O–H groups in total. The average molecular weight is 438 g/mol. The molecule has 3 heterocycles. The highest BCUT2D eigenvalue weighted by Gasteiger charge is 2.16. The van der Waals surface area contributed by atoms with Crippen LogP contribution in [0.2, 0.25) is 0 Å². The molecule has 0 bridgehead atoms. The van der Waals surface area contributed by atoms with E-state index in [4.69, 9.17) is 4.98 Å². The predicted octanol–water partition coefficient (Wildman–Crippen LogP) is 3.56. The van der Waals surface area contributed by atoms with Gasteiger partial charge in [-0.1, -0.05) is 15.9 Å². The molecule has 0 aliphatic carbocycles. The highest BCUT2D eigenvalue weighted by atomic mass is 79.9. The van der Waals surface area contributed by atoms with Crippen molar-refractivity contribution in [2.45, 2.75) is 26.7 Å². The Kier molecular flexibility index (Phi) is 5.09. The lowest BCUT2D eigenvalue weighted by Gasteiger charge is -2.11. The van der Waals surface area contributed by atoms with Crippen molar-refractivity contribution in [2.75, 3.05) is 6.54 Å². The number of hydrogen-bond acceptors (Lipinski definition) is 4. The molecule has 0 radical (unpaired) electrons. The second-order valence-electron chi connectivity index (χ2n) is 6.79. The quantitative estimate of drug-likeness (QED) is 0.517. The zero-order valence-corrected chi connectivity index (χ0v) is 17.3. The van der Waals surface area contributed by atoms with Crippen molar-refractivity contribution in [3.63, 3.8) is 0 Å². The Labute approximate surface area is 171 Å². The monoisotopic (exact) mass is 437 g/mol. The van der Waals surface area contributed by atoms with E-state index in [-0.39, 0.29) is 12.3 Å². The molecular weight excluding hydrogens is 418 g/mol. The fourth-order valence-electron chi connectivity index (χ4n) is 3.38. The van der Waals surface area contributed by atoms with Crippen LogP contribution in [0.3, 0.4) is 0 Å². The average Bonchev–Trinajstić information content (AvgIpc) is 3.03. The molecule has 4 aromatic rings. The zero-order valence-electron chi connectivity index (χ0n) is 15.7. The van der Waals surface area contributed by atoms with Crippen molar-refractivity contribution >= 4 is 38.4 Å². The van der Waals surface area contributed by atoms with Crippen LogP contribution in [0.15, 0.2) is 47.2 Å². The molecule has 0 saturated carbocycles. The summed E-state index contributed by atoms with van der Waals surface area (Å²) in [4.78, 5) is 21.2. The first-order chi connectivity index (χ1) is 13.5. The summed E-state index contributed by atoms with van der Waals surface area (Å²) in [5.41, 5.74) is 5.57. The number of nitrogens with one attached hydrogen (secondary N) is 1. The number of fused-ring (bicyclic) bond motifs is 3. The number of amides is 1. The summed E-state index contributed by atoms with van der Waals surface area (Å²) < 4.78 is 2.82. The van der Waals surface area contributed by atoms with Crippen molar-refractivity contribution in [3.8, 4) is 0 Å².